The third-order valence-corrected chi connectivity index (χ3v) is 9.28. The van der Waals surface area contributed by atoms with Gasteiger partial charge in [-0.05, 0) is 69.1 Å². The van der Waals surface area contributed by atoms with Crippen molar-refractivity contribution in [1.29, 1.82) is 0 Å². The Labute approximate surface area is 227 Å². The molecule has 0 aromatic heterocycles. The van der Waals surface area contributed by atoms with Crippen LogP contribution in [0.15, 0.2) is 21.2 Å². The van der Waals surface area contributed by atoms with Gasteiger partial charge in [0, 0.05) is 37.1 Å². The predicted molar refractivity (Wildman–Crippen MR) is 148 cm³/mol. The van der Waals surface area contributed by atoms with Crippen LogP contribution in [0.1, 0.15) is 83.1 Å². The van der Waals surface area contributed by atoms with E-state index in [0.717, 1.165) is 16.9 Å². The standard InChI is InChI=1S/C29H41N3O5S/c1-16(2)12-21(24-22(33)14-28(6,7)15-23(24)34)32-11-10-30-27(32)31-38(35,36)26-18(4)17(3)25-20(19(26)5)13-29(8,9)37-25/h16H,10-15H2,1-9H3,(H,30,31). The monoisotopic (exact) mass is 543 g/mol. The highest BCUT2D eigenvalue weighted by Gasteiger charge is 2.41. The van der Waals surface area contributed by atoms with Crippen molar-refractivity contribution in [3.05, 3.63) is 33.5 Å². The van der Waals surface area contributed by atoms with Gasteiger partial charge in [-0.3, -0.25) is 14.6 Å². The van der Waals surface area contributed by atoms with Gasteiger partial charge in [-0.25, -0.2) is 13.1 Å². The molecule has 1 aromatic rings. The van der Waals surface area contributed by atoms with Gasteiger partial charge in [0.05, 0.1) is 17.0 Å². The van der Waals surface area contributed by atoms with Crippen LogP contribution < -0.4 is 9.46 Å². The van der Waals surface area contributed by atoms with Crippen molar-refractivity contribution < 1.29 is 22.7 Å². The zero-order valence-corrected chi connectivity index (χ0v) is 25.0. The number of carbonyl (C=O) groups excluding carboxylic acids is 2. The van der Waals surface area contributed by atoms with E-state index in [1.54, 1.807) is 11.8 Å². The van der Waals surface area contributed by atoms with E-state index in [2.05, 4.69) is 9.71 Å². The van der Waals surface area contributed by atoms with E-state index in [4.69, 9.17) is 4.74 Å². The lowest BCUT2D eigenvalue weighted by molar-refractivity contribution is -0.127. The van der Waals surface area contributed by atoms with Crippen LogP contribution in [0.5, 0.6) is 5.75 Å². The van der Waals surface area contributed by atoms with Gasteiger partial charge < -0.3 is 9.64 Å². The maximum absolute atomic E-state index is 13.9. The number of guanidine groups is 1. The SMILES string of the molecule is Cc1c(C)c(S(=O)(=O)NC2=NCCN2C(CC(C)C)=C2C(=O)CC(C)(C)CC2=O)c(C)c2c1OC(C)(C)C2. The number of carbonyl (C=O) groups is 2. The fourth-order valence-electron chi connectivity index (χ4n) is 5.94. The molecule has 0 radical (unpaired) electrons. The van der Waals surface area contributed by atoms with E-state index >= 15 is 0 Å². The van der Waals surface area contributed by atoms with E-state index in [1.807, 2.05) is 55.4 Å². The van der Waals surface area contributed by atoms with Crippen molar-refractivity contribution in [2.75, 3.05) is 13.1 Å². The second-order valence-electron chi connectivity index (χ2n) is 12.8. The van der Waals surface area contributed by atoms with Crippen LogP contribution in [-0.4, -0.2) is 49.5 Å². The number of ether oxygens (including phenoxy) is 1. The summed E-state index contributed by atoms with van der Waals surface area (Å²) < 4.78 is 36.7. The Balaban J connectivity index is 1.75. The van der Waals surface area contributed by atoms with Crippen molar-refractivity contribution in [2.24, 2.45) is 16.3 Å². The fraction of sp³-hybridized carbons (Fsp3) is 0.621. The number of hydrogen-bond donors (Lipinski definition) is 1. The van der Waals surface area contributed by atoms with Crippen LogP contribution in [0.4, 0.5) is 0 Å². The first-order valence-electron chi connectivity index (χ1n) is 13.4. The number of hydrogen-bond acceptors (Lipinski definition) is 7. The number of rotatable bonds is 5. The summed E-state index contributed by atoms with van der Waals surface area (Å²) in [6.45, 7) is 18.2. The minimum atomic E-state index is -4.03. The smallest absolute Gasteiger partial charge is 0.264 e. The number of Topliss-reactive ketones (excluding diaryl/α,β-unsaturated/α-hetero) is 2. The molecule has 1 aromatic carbocycles. The minimum Gasteiger partial charge on any atom is -0.487 e. The summed E-state index contributed by atoms with van der Waals surface area (Å²) >= 11 is 0. The molecule has 1 saturated carbocycles. The second kappa shape index (κ2) is 9.50. The number of fused-ring (bicyclic) bond motifs is 1. The van der Waals surface area contributed by atoms with Crippen molar-refractivity contribution in [3.63, 3.8) is 0 Å². The fourth-order valence-corrected chi connectivity index (χ4v) is 7.54. The van der Waals surface area contributed by atoms with E-state index in [1.165, 1.54) is 0 Å². The number of allylic oxidation sites excluding steroid dienone is 2. The van der Waals surface area contributed by atoms with Gasteiger partial charge in [-0.15, -0.1) is 0 Å². The Kier molecular flexibility index (Phi) is 7.09. The summed E-state index contributed by atoms with van der Waals surface area (Å²) in [5.41, 5.74) is 3.01. The molecule has 38 heavy (non-hydrogen) atoms. The Bertz CT molecular complexity index is 1360. The number of benzene rings is 1. The first-order chi connectivity index (χ1) is 17.4. The first-order valence-corrected chi connectivity index (χ1v) is 14.9. The molecule has 0 unspecified atom stereocenters. The summed E-state index contributed by atoms with van der Waals surface area (Å²) in [7, 11) is -4.03. The average Bonchev–Trinajstić information content (AvgIpc) is 3.32. The van der Waals surface area contributed by atoms with Crippen molar-refractivity contribution >= 4 is 27.5 Å². The average molecular weight is 544 g/mol. The topological polar surface area (TPSA) is 105 Å². The van der Waals surface area contributed by atoms with Gasteiger partial charge >= 0.3 is 0 Å². The van der Waals surface area contributed by atoms with Crippen LogP contribution >= 0.6 is 0 Å². The molecule has 0 atom stereocenters. The zero-order valence-electron chi connectivity index (χ0n) is 24.2. The number of nitrogens with one attached hydrogen (secondary N) is 1. The highest BCUT2D eigenvalue weighted by molar-refractivity contribution is 7.90. The van der Waals surface area contributed by atoms with E-state index in [9.17, 15) is 18.0 Å². The summed E-state index contributed by atoms with van der Waals surface area (Å²) in [5.74, 6) is 0.718. The molecule has 1 aliphatic carbocycles. The number of aliphatic imine (C=N–C) groups is 1. The molecule has 2 aliphatic heterocycles. The van der Waals surface area contributed by atoms with Crippen molar-refractivity contribution in [2.45, 2.75) is 98.5 Å². The van der Waals surface area contributed by atoms with Crippen LogP contribution in [0, 0.1) is 32.1 Å². The minimum absolute atomic E-state index is 0.152. The maximum Gasteiger partial charge on any atom is 0.264 e. The third-order valence-electron chi connectivity index (χ3n) is 7.68. The van der Waals surface area contributed by atoms with Gasteiger partial charge in [0.2, 0.25) is 5.96 Å². The number of sulfonamides is 1. The second-order valence-corrected chi connectivity index (χ2v) is 14.4. The summed E-state index contributed by atoms with van der Waals surface area (Å²) in [6.07, 6.45) is 1.66. The number of nitrogens with zero attached hydrogens (tertiary/aromatic N) is 2. The molecule has 2 heterocycles. The Hall–Kier alpha value is -2.68. The molecule has 9 heteroatoms. The largest absolute Gasteiger partial charge is 0.487 e. The van der Waals surface area contributed by atoms with E-state index in [0.29, 0.717) is 42.8 Å². The summed E-state index contributed by atoms with van der Waals surface area (Å²) in [4.78, 5) is 32.9. The molecule has 0 bridgehead atoms. The summed E-state index contributed by atoms with van der Waals surface area (Å²) in [6, 6.07) is 0. The van der Waals surface area contributed by atoms with Crippen LogP contribution in [0.25, 0.3) is 0 Å². The first kappa shape index (κ1) is 28.3. The molecule has 3 aliphatic rings. The van der Waals surface area contributed by atoms with Crippen molar-refractivity contribution in [1.82, 2.24) is 9.62 Å². The molecule has 0 spiro atoms. The quantitative estimate of drug-likeness (QED) is 0.432. The van der Waals surface area contributed by atoms with Crippen LogP contribution in [0.2, 0.25) is 0 Å². The Morgan fingerprint density at radius 2 is 1.61 bits per heavy atom. The lowest BCUT2D eigenvalue weighted by atomic mass is 9.73. The van der Waals surface area contributed by atoms with E-state index < -0.39 is 15.6 Å². The highest BCUT2D eigenvalue weighted by atomic mass is 32.2. The molecule has 0 saturated heterocycles. The van der Waals surface area contributed by atoms with Gasteiger partial charge in [0.25, 0.3) is 10.0 Å². The molecule has 0 amide bonds. The predicted octanol–water partition coefficient (Wildman–Crippen LogP) is 4.53. The normalized spacial score (nSPS) is 20.5. The molecule has 1 fully saturated rings. The van der Waals surface area contributed by atoms with Gasteiger partial charge in [0.1, 0.15) is 11.4 Å². The molecular formula is C29H41N3O5S. The van der Waals surface area contributed by atoms with Crippen LogP contribution in [-0.2, 0) is 26.0 Å². The zero-order chi connectivity index (χ0) is 28.4. The molecule has 8 nitrogen and oxygen atoms in total. The van der Waals surface area contributed by atoms with E-state index in [-0.39, 0.29) is 52.2 Å². The third kappa shape index (κ3) is 5.14. The highest BCUT2D eigenvalue weighted by Crippen LogP contribution is 2.44. The van der Waals surface area contributed by atoms with Gasteiger partial charge in [0.15, 0.2) is 11.6 Å². The Morgan fingerprint density at radius 3 is 2.18 bits per heavy atom. The maximum atomic E-state index is 13.9. The van der Waals surface area contributed by atoms with Crippen molar-refractivity contribution in [3.8, 4) is 5.75 Å². The van der Waals surface area contributed by atoms with Gasteiger partial charge in [-0.2, -0.15) is 0 Å². The molecule has 4 rings (SSSR count). The molecule has 208 valence electrons. The Morgan fingerprint density at radius 1 is 1.00 bits per heavy atom. The lowest BCUT2D eigenvalue weighted by Gasteiger charge is -2.33. The number of ketones is 2. The summed E-state index contributed by atoms with van der Waals surface area (Å²) in [5, 5.41) is 0. The molecule has 1 N–H and O–H groups in total. The van der Waals surface area contributed by atoms with Crippen LogP contribution in [0.3, 0.4) is 0 Å². The molecular weight excluding hydrogens is 502 g/mol. The lowest BCUT2D eigenvalue weighted by Crippen LogP contribution is -2.44. The van der Waals surface area contributed by atoms with Gasteiger partial charge in [-0.1, -0.05) is 27.7 Å².